The summed E-state index contributed by atoms with van der Waals surface area (Å²) in [5.41, 5.74) is 7.43. The predicted octanol–water partition coefficient (Wildman–Crippen LogP) is 4.79. The number of nitrogens with two attached hydrogens (primary N) is 1. The van der Waals surface area contributed by atoms with Gasteiger partial charge >= 0.3 is 0 Å². The number of primary amides is 1. The van der Waals surface area contributed by atoms with Crippen molar-refractivity contribution in [3.63, 3.8) is 0 Å². The van der Waals surface area contributed by atoms with E-state index in [1.54, 1.807) is 36.2 Å². The second-order valence-corrected chi connectivity index (χ2v) is 10.8. The van der Waals surface area contributed by atoms with Crippen LogP contribution >= 0.6 is 0 Å². The van der Waals surface area contributed by atoms with Crippen molar-refractivity contribution >= 4 is 27.1 Å². The van der Waals surface area contributed by atoms with Crippen LogP contribution in [0.4, 0.5) is 11.4 Å². The fourth-order valence-electron chi connectivity index (χ4n) is 4.42. The fourth-order valence-corrected chi connectivity index (χ4v) is 5.79. The summed E-state index contributed by atoms with van der Waals surface area (Å²) in [5.74, 6) is -1.21. The van der Waals surface area contributed by atoms with E-state index in [2.05, 4.69) is 4.98 Å². The molecule has 196 valence electrons. The van der Waals surface area contributed by atoms with Crippen LogP contribution in [0.1, 0.15) is 35.8 Å². The molecule has 38 heavy (non-hydrogen) atoms. The first kappa shape index (κ1) is 26.7. The quantitative estimate of drug-likeness (QED) is 0.284. The third-order valence-corrected chi connectivity index (χ3v) is 8.20. The lowest BCUT2D eigenvalue weighted by Crippen LogP contribution is -2.23. The van der Waals surface area contributed by atoms with Gasteiger partial charge in [-0.05, 0) is 54.3 Å². The molecule has 0 bridgehead atoms. The number of benzene rings is 3. The van der Waals surface area contributed by atoms with Crippen LogP contribution in [-0.2, 0) is 16.3 Å². The molecule has 4 aromatic rings. The van der Waals surface area contributed by atoms with Gasteiger partial charge in [-0.3, -0.25) is 9.59 Å². The molecule has 0 saturated carbocycles. The van der Waals surface area contributed by atoms with Crippen molar-refractivity contribution in [2.24, 2.45) is 5.73 Å². The molecule has 0 fully saturated rings. The maximum atomic E-state index is 13.7. The number of carbonyl (C=O) groups is 1. The normalized spacial score (nSPS) is 11.3. The van der Waals surface area contributed by atoms with Crippen LogP contribution in [0.25, 0.3) is 11.1 Å². The van der Waals surface area contributed by atoms with E-state index in [4.69, 9.17) is 5.73 Å². The van der Waals surface area contributed by atoms with Crippen LogP contribution in [-0.4, -0.2) is 31.5 Å². The van der Waals surface area contributed by atoms with Gasteiger partial charge in [-0.2, -0.15) is 0 Å². The largest absolute Gasteiger partial charge is 0.504 e. The number of aryl methyl sites for hydroxylation is 1. The zero-order valence-corrected chi connectivity index (χ0v) is 22.0. The topological polar surface area (TPSA) is 134 Å². The first-order valence-corrected chi connectivity index (χ1v) is 13.7. The Morgan fingerprint density at radius 2 is 1.61 bits per heavy atom. The van der Waals surface area contributed by atoms with Gasteiger partial charge in [-0.15, -0.1) is 0 Å². The van der Waals surface area contributed by atoms with E-state index in [0.29, 0.717) is 34.5 Å². The molecule has 0 saturated heterocycles. The summed E-state index contributed by atoms with van der Waals surface area (Å²) in [7, 11) is -2.71. The van der Waals surface area contributed by atoms with Crippen LogP contribution in [0.3, 0.4) is 0 Å². The number of hydrogen-bond donors (Lipinski definition) is 3. The Labute approximate surface area is 221 Å². The van der Waals surface area contributed by atoms with Gasteiger partial charge < -0.3 is 20.7 Å². The summed E-state index contributed by atoms with van der Waals surface area (Å²) in [6.45, 7) is 2.00. The molecular weight excluding hydrogens is 502 g/mol. The molecule has 0 atom stereocenters. The van der Waals surface area contributed by atoms with Crippen molar-refractivity contribution in [3.8, 4) is 16.9 Å². The van der Waals surface area contributed by atoms with Gasteiger partial charge in [0.25, 0.3) is 5.56 Å². The average Bonchev–Trinajstić information content (AvgIpc) is 2.91. The van der Waals surface area contributed by atoms with Crippen molar-refractivity contribution in [1.29, 1.82) is 0 Å². The maximum absolute atomic E-state index is 13.7. The Morgan fingerprint density at radius 1 is 0.974 bits per heavy atom. The minimum Gasteiger partial charge on any atom is -0.504 e. The van der Waals surface area contributed by atoms with Crippen LogP contribution in [0.15, 0.2) is 93.4 Å². The van der Waals surface area contributed by atoms with Crippen LogP contribution < -0.4 is 16.2 Å². The third kappa shape index (κ3) is 5.05. The molecule has 0 aliphatic heterocycles. The first-order chi connectivity index (χ1) is 18.2. The van der Waals surface area contributed by atoms with E-state index in [0.717, 1.165) is 12.8 Å². The van der Waals surface area contributed by atoms with Crippen LogP contribution in [0.2, 0.25) is 0 Å². The summed E-state index contributed by atoms with van der Waals surface area (Å²) in [4.78, 5) is 28.4. The number of aromatic nitrogens is 1. The molecule has 8 nitrogen and oxygen atoms in total. The first-order valence-electron chi connectivity index (χ1n) is 12.2. The number of hydrogen-bond acceptors (Lipinski definition) is 6. The number of pyridine rings is 1. The summed E-state index contributed by atoms with van der Waals surface area (Å²) in [6, 6.07) is 21.6. The van der Waals surface area contributed by atoms with Crippen LogP contribution in [0, 0.1) is 0 Å². The van der Waals surface area contributed by atoms with Crippen molar-refractivity contribution < 1.29 is 18.3 Å². The molecule has 4 rings (SSSR count). The summed E-state index contributed by atoms with van der Waals surface area (Å²) < 4.78 is 27.3. The van der Waals surface area contributed by atoms with Gasteiger partial charge in [-0.25, -0.2) is 8.42 Å². The lowest BCUT2D eigenvalue weighted by atomic mass is 9.99. The number of amides is 1. The number of aromatic amines is 1. The predicted molar refractivity (Wildman–Crippen MR) is 148 cm³/mol. The van der Waals surface area contributed by atoms with Crippen molar-refractivity contribution in [2.45, 2.75) is 36.0 Å². The smallest absolute Gasteiger partial charge is 0.271 e. The van der Waals surface area contributed by atoms with Gasteiger partial charge in [0.15, 0.2) is 10.6 Å². The molecule has 9 heteroatoms. The van der Waals surface area contributed by atoms with Gasteiger partial charge in [0.2, 0.25) is 15.7 Å². The SMILES string of the molecule is CCCCc1[nH]c(=O)c(S(=O)(=O)c2ccc(-c3ccccc3C(N)=O)cc2)c(O)c1N(C)c1ccccc1. The van der Waals surface area contributed by atoms with Gasteiger partial charge in [0.05, 0.1) is 4.90 Å². The van der Waals surface area contributed by atoms with E-state index < -0.39 is 31.9 Å². The molecule has 3 aromatic carbocycles. The van der Waals surface area contributed by atoms with Crippen molar-refractivity contribution in [2.75, 3.05) is 11.9 Å². The molecular formula is C29H29N3O5S. The second kappa shape index (κ2) is 10.9. The highest BCUT2D eigenvalue weighted by molar-refractivity contribution is 7.91. The van der Waals surface area contributed by atoms with Crippen molar-refractivity contribution in [3.05, 3.63) is 100 Å². The standard InChI is InChI=1S/C29H29N3O5S/c1-3-4-14-24-25(32(2)20-10-6-5-7-11-20)26(33)27(29(35)31-24)38(36,37)21-17-15-19(16-18-21)22-12-8-9-13-23(22)28(30)34/h5-13,15-18H,3-4,14H2,1-2H3,(H2,30,34)(H2,31,33,35). The lowest BCUT2D eigenvalue weighted by molar-refractivity contribution is 0.100. The third-order valence-electron chi connectivity index (χ3n) is 6.39. The molecule has 0 radical (unpaired) electrons. The molecule has 0 aliphatic rings. The molecule has 1 heterocycles. The number of anilines is 2. The van der Waals surface area contributed by atoms with Gasteiger partial charge in [-0.1, -0.05) is 61.9 Å². The van der Waals surface area contributed by atoms with Gasteiger partial charge in [0, 0.05) is 24.0 Å². The Balaban J connectivity index is 1.83. The number of rotatable bonds is 9. The van der Waals surface area contributed by atoms with E-state index in [-0.39, 0.29) is 10.6 Å². The number of para-hydroxylation sites is 1. The Bertz CT molecular complexity index is 1630. The summed E-state index contributed by atoms with van der Waals surface area (Å²) in [5, 5.41) is 11.3. The molecule has 0 spiro atoms. The number of H-pyrrole nitrogens is 1. The van der Waals surface area contributed by atoms with Crippen LogP contribution in [0.5, 0.6) is 5.75 Å². The highest BCUT2D eigenvalue weighted by Crippen LogP contribution is 2.39. The monoisotopic (exact) mass is 531 g/mol. The summed E-state index contributed by atoms with van der Waals surface area (Å²) in [6.07, 6.45) is 2.05. The molecule has 1 aromatic heterocycles. The van der Waals surface area contributed by atoms with E-state index in [9.17, 15) is 23.1 Å². The highest BCUT2D eigenvalue weighted by atomic mass is 32.2. The summed E-state index contributed by atoms with van der Waals surface area (Å²) >= 11 is 0. The Kier molecular flexibility index (Phi) is 7.68. The van der Waals surface area contributed by atoms with Crippen molar-refractivity contribution in [1.82, 2.24) is 4.98 Å². The molecule has 0 aliphatic carbocycles. The number of carbonyl (C=O) groups excluding carboxylic acids is 1. The number of nitrogens with zero attached hydrogens (tertiary/aromatic N) is 1. The Hall–Kier alpha value is -4.37. The number of nitrogens with one attached hydrogen (secondary N) is 1. The fraction of sp³-hybridized carbons (Fsp3) is 0.172. The maximum Gasteiger partial charge on any atom is 0.271 e. The average molecular weight is 532 g/mol. The Morgan fingerprint density at radius 3 is 2.24 bits per heavy atom. The zero-order chi connectivity index (χ0) is 27.4. The lowest BCUT2D eigenvalue weighted by Gasteiger charge is -2.24. The van der Waals surface area contributed by atoms with E-state index >= 15 is 0 Å². The highest BCUT2D eigenvalue weighted by Gasteiger charge is 2.31. The zero-order valence-electron chi connectivity index (χ0n) is 21.1. The van der Waals surface area contributed by atoms with E-state index in [1.165, 1.54) is 24.3 Å². The molecule has 1 amide bonds. The number of aromatic hydroxyl groups is 1. The van der Waals surface area contributed by atoms with Gasteiger partial charge in [0.1, 0.15) is 5.69 Å². The molecule has 0 unspecified atom stereocenters. The molecule has 4 N–H and O–H groups in total. The second-order valence-electron chi connectivity index (χ2n) is 8.89. The number of sulfone groups is 1. The minimum atomic E-state index is -4.41. The van der Waals surface area contributed by atoms with E-state index in [1.807, 2.05) is 37.3 Å². The minimum absolute atomic E-state index is 0.173. The number of unbranched alkanes of at least 4 members (excludes halogenated alkanes) is 1.